The van der Waals surface area contributed by atoms with Crippen molar-refractivity contribution in [3.63, 3.8) is 0 Å². The second-order valence-electron chi connectivity index (χ2n) is 5.14. The van der Waals surface area contributed by atoms with Gasteiger partial charge in [0.15, 0.2) is 0 Å². The van der Waals surface area contributed by atoms with Gasteiger partial charge in [-0.05, 0) is 38.5 Å². The van der Waals surface area contributed by atoms with Crippen molar-refractivity contribution in [3.05, 3.63) is 0 Å². The molecule has 0 saturated heterocycles. The summed E-state index contributed by atoms with van der Waals surface area (Å²) in [7, 11) is 0. The van der Waals surface area contributed by atoms with E-state index in [0.29, 0.717) is 45.1 Å². The molecule has 1 rings (SSSR count). The Kier molecular flexibility index (Phi) is 6.62. The van der Waals surface area contributed by atoms with Gasteiger partial charge >= 0.3 is 12.0 Å². The Balaban J connectivity index is 2.15. The Morgan fingerprint density at radius 2 is 1.89 bits per heavy atom. The number of amides is 2. The topological polar surface area (TPSA) is 98.7 Å². The van der Waals surface area contributed by atoms with Gasteiger partial charge in [-0.3, -0.25) is 4.79 Å². The molecule has 1 saturated carbocycles. The zero-order valence-electron chi connectivity index (χ0n) is 11.4. The Morgan fingerprint density at radius 1 is 1.26 bits per heavy atom. The van der Waals surface area contributed by atoms with Gasteiger partial charge < -0.3 is 20.8 Å². The second kappa shape index (κ2) is 7.99. The van der Waals surface area contributed by atoms with Gasteiger partial charge in [0.05, 0.1) is 12.0 Å². The van der Waals surface area contributed by atoms with E-state index in [9.17, 15) is 14.7 Å². The van der Waals surface area contributed by atoms with Crippen molar-refractivity contribution in [2.75, 3.05) is 6.54 Å². The average molecular weight is 272 g/mol. The van der Waals surface area contributed by atoms with E-state index in [1.807, 2.05) is 6.92 Å². The third-order valence-corrected chi connectivity index (χ3v) is 3.65. The fourth-order valence-corrected chi connectivity index (χ4v) is 2.28. The van der Waals surface area contributed by atoms with Gasteiger partial charge in [-0.2, -0.15) is 0 Å². The number of hydrogen-bond donors (Lipinski definition) is 4. The van der Waals surface area contributed by atoms with Crippen LogP contribution >= 0.6 is 0 Å². The minimum absolute atomic E-state index is 0.0618. The van der Waals surface area contributed by atoms with Crippen LogP contribution in [0.25, 0.3) is 0 Å². The molecule has 0 heterocycles. The molecule has 0 aromatic carbocycles. The third kappa shape index (κ3) is 5.92. The number of aliphatic hydroxyl groups excluding tert-OH is 1. The van der Waals surface area contributed by atoms with E-state index >= 15 is 0 Å². The number of urea groups is 1. The number of carboxylic acid groups (broad SMARTS) is 1. The Morgan fingerprint density at radius 3 is 2.42 bits per heavy atom. The minimum atomic E-state index is -0.739. The van der Waals surface area contributed by atoms with Crippen LogP contribution in [0.4, 0.5) is 4.79 Å². The maximum Gasteiger partial charge on any atom is 0.315 e. The van der Waals surface area contributed by atoms with Crippen LogP contribution in [0.15, 0.2) is 0 Å². The molecule has 19 heavy (non-hydrogen) atoms. The Bertz CT molecular complexity index is 301. The summed E-state index contributed by atoms with van der Waals surface area (Å²) in [4.78, 5) is 22.4. The van der Waals surface area contributed by atoms with E-state index in [2.05, 4.69) is 10.6 Å². The number of nitrogens with one attached hydrogen (secondary N) is 2. The molecule has 6 nitrogen and oxygen atoms in total. The summed E-state index contributed by atoms with van der Waals surface area (Å²) in [5.74, 6) is -1.00. The van der Waals surface area contributed by atoms with Crippen LogP contribution in [0.2, 0.25) is 0 Å². The summed E-state index contributed by atoms with van der Waals surface area (Å²) in [6.45, 7) is 2.34. The van der Waals surface area contributed by atoms with Gasteiger partial charge in [-0.15, -0.1) is 0 Å². The van der Waals surface area contributed by atoms with Crippen LogP contribution < -0.4 is 10.6 Å². The van der Waals surface area contributed by atoms with Crippen molar-refractivity contribution in [2.45, 2.75) is 57.6 Å². The molecule has 1 aliphatic rings. The summed E-state index contributed by atoms with van der Waals surface area (Å²) < 4.78 is 0. The lowest BCUT2D eigenvalue weighted by atomic mass is 9.86. The summed E-state index contributed by atoms with van der Waals surface area (Å²) in [6, 6.07) is -0.172. The highest BCUT2D eigenvalue weighted by molar-refractivity contribution is 5.74. The minimum Gasteiger partial charge on any atom is -0.481 e. The number of rotatable bonds is 6. The molecule has 0 spiro atoms. The molecule has 1 unspecified atom stereocenters. The number of carbonyl (C=O) groups excluding carboxylic acids is 1. The Labute approximate surface area is 113 Å². The lowest BCUT2D eigenvalue weighted by molar-refractivity contribution is -0.142. The highest BCUT2D eigenvalue weighted by Crippen LogP contribution is 2.24. The fraction of sp³-hybridized carbons (Fsp3) is 0.846. The molecule has 0 aromatic heterocycles. The number of hydrogen-bond acceptors (Lipinski definition) is 3. The van der Waals surface area contributed by atoms with Gasteiger partial charge in [0.25, 0.3) is 0 Å². The number of carbonyl (C=O) groups is 2. The predicted octanol–water partition coefficient (Wildman–Crippen LogP) is 1.09. The summed E-state index contributed by atoms with van der Waals surface area (Å²) in [5.41, 5.74) is 0. The van der Waals surface area contributed by atoms with E-state index in [0.717, 1.165) is 0 Å². The molecule has 2 amide bonds. The monoisotopic (exact) mass is 272 g/mol. The highest BCUT2D eigenvalue weighted by atomic mass is 16.4. The first-order chi connectivity index (χ1) is 9.02. The van der Waals surface area contributed by atoms with Crippen molar-refractivity contribution in [3.8, 4) is 0 Å². The molecule has 1 fully saturated rings. The van der Waals surface area contributed by atoms with Gasteiger partial charge in [0, 0.05) is 12.6 Å². The molecule has 0 aromatic rings. The largest absolute Gasteiger partial charge is 0.481 e. The zero-order chi connectivity index (χ0) is 14.3. The van der Waals surface area contributed by atoms with E-state index in [-0.39, 0.29) is 24.1 Å². The average Bonchev–Trinajstić information content (AvgIpc) is 2.39. The van der Waals surface area contributed by atoms with Crippen LogP contribution in [-0.2, 0) is 4.79 Å². The Hall–Kier alpha value is -1.30. The van der Waals surface area contributed by atoms with Gasteiger partial charge in [-0.25, -0.2) is 4.79 Å². The van der Waals surface area contributed by atoms with Crippen molar-refractivity contribution in [2.24, 2.45) is 5.92 Å². The van der Waals surface area contributed by atoms with Crippen LogP contribution in [-0.4, -0.2) is 40.9 Å². The quantitative estimate of drug-likeness (QED) is 0.581. The maximum absolute atomic E-state index is 11.6. The van der Waals surface area contributed by atoms with Crippen molar-refractivity contribution in [1.82, 2.24) is 10.6 Å². The lowest BCUT2D eigenvalue weighted by Crippen LogP contribution is -2.44. The summed E-state index contributed by atoms with van der Waals surface area (Å²) in [6.07, 6.45) is 3.53. The zero-order valence-corrected chi connectivity index (χ0v) is 11.4. The molecular formula is C13H24N2O4. The van der Waals surface area contributed by atoms with E-state index < -0.39 is 5.97 Å². The first-order valence-corrected chi connectivity index (χ1v) is 6.98. The van der Waals surface area contributed by atoms with Crippen molar-refractivity contribution < 1.29 is 19.8 Å². The number of carboxylic acids is 1. The van der Waals surface area contributed by atoms with Crippen molar-refractivity contribution in [1.29, 1.82) is 0 Å². The first kappa shape index (κ1) is 15.8. The van der Waals surface area contributed by atoms with Crippen LogP contribution in [0, 0.1) is 5.92 Å². The number of aliphatic carboxylic acids is 1. The molecule has 1 atom stereocenters. The molecule has 6 heteroatoms. The first-order valence-electron chi connectivity index (χ1n) is 6.98. The second-order valence-corrected chi connectivity index (χ2v) is 5.14. The van der Waals surface area contributed by atoms with E-state index in [1.165, 1.54) is 0 Å². The molecule has 1 aliphatic carbocycles. The highest BCUT2D eigenvalue weighted by Gasteiger charge is 2.26. The SMILES string of the molecule is CCC(O)CCNC(=O)NC1CCC(C(=O)O)CC1. The smallest absolute Gasteiger partial charge is 0.315 e. The molecule has 0 aliphatic heterocycles. The van der Waals surface area contributed by atoms with Crippen LogP contribution in [0.3, 0.4) is 0 Å². The molecule has 0 bridgehead atoms. The maximum atomic E-state index is 11.6. The van der Waals surface area contributed by atoms with Gasteiger partial charge in [-0.1, -0.05) is 6.92 Å². The van der Waals surface area contributed by atoms with Gasteiger partial charge in [0.2, 0.25) is 0 Å². The van der Waals surface area contributed by atoms with Crippen LogP contribution in [0.1, 0.15) is 45.4 Å². The van der Waals surface area contributed by atoms with Gasteiger partial charge in [0.1, 0.15) is 0 Å². The van der Waals surface area contributed by atoms with E-state index in [4.69, 9.17) is 5.11 Å². The van der Waals surface area contributed by atoms with Crippen LogP contribution in [0.5, 0.6) is 0 Å². The fourth-order valence-electron chi connectivity index (χ4n) is 2.28. The molecule has 0 radical (unpaired) electrons. The normalized spacial score (nSPS) is 24.5. The molecule has 110 valence electrons. The van der Waals surface area contributed by atoms with Crippen molar-refractivity contribution >= 4 is 12.0 Å². The summed E-state index contributed by atoms with van der Waals surface area (Å²) in [5, 5.41) is 23.8. The predicted molar refractivity (Wildman–Crippen MR) is 70.8 cm³/mol. The summed E-state index contributed by atoms with van der Waals surface area (Å²) >= 11 is 0. The van der Waals surface area contributed by atoms with E-state index in [1.54, 1.807) is 0 Å². The standard InChI is InChI=1S/C13H24N2O4/c1-2-11(16)7-8-14-13(19)15-10-5-3-9(4-6-10)12(17)18/h9-11,16H,2-8H2,1H3,(H,17,18)(H2,14,15,19). The lowest BCUT2D eigenvalue weighted by Gasteiger charge is -2.26. The third-order valence-electron chi connectivity index (χ3n) is 3.65. The molecular weight excluding hydrogens is 248 g/mol. The number of aliphatic hydroxyl groups is 1. The molecule has 4 N–H and O–H groups in total.